The van der Waals surface area contributed by atoms with Crippen LogP contribution in [0.1, 0.15) is 0 Å². The zero-order valence-corrected chi connectivity index (χ0v) is 11.9. The van der Waals surface area contributed by atoms with Crippen LogP contribution in [0.15, 0.2) is 41.6 Å². The molecule has 0 saturated heterocycles. The fourth-order valence-electron chi connectivity index (χ4n) is 1.81. The van der Waals surface area contributed by atoms with Gasteiger partial charge in [0.25, 0.3) is 0 Å². The highest BCUT2D eigenvalue weighted by Gasteiger charge is 2.11. The molecule has 3 rings (SSSR count). The Morgan fingerprint density at radius 3 is 2.83 bits per heavy atom. The van der Waals surface area contributed by atoms with E-state index in [1.54, 1.807) is 23.1 Å². The first-order valence-electron chi connectivity index (χ1n) is 5.33. The average molecular weight is 293 g/mol. The molecule has 0 saturated carbocycles. The molecule has 0 spiro atoms. The lowest BCUT2D eigenvalue weighted by molar-refractivity contribution is 1.23. The van der Waals surface area contributed by atoms with E-state index in [2.05, 4.69) is 40.5 Å². The van der Waals surface area contributed by atoms with Crippen molar-refractivity contribution in [1.29, 1.82) is 0 Å². The molecule has 90 valence electrons. The van der Waals surface area contributed by atoms with Crippen LogP contribution in [0.25, 0.3) is 20.7 Å². The van der Waals surface area contributed by atoms with E-state index in [9.17, 15) is 0 Å². The maximum absolute atomic E-state index is 6.09. The zero-order valence-electron chi connectivity index (χ0n) is 9.55. The second kappa shape index (κ2) is 4.88. The van der Waals surface area contributed by atoms with Gasteiger partial charge in [-0.2, -0.15) is 0 Å². The van der Waals surface area contributed by atoms with Gasteiger partial charge in [-0.1, -0.05) is 29.8 Å². The minimum absolute atomic E-state index is 0.526. The maximum atomic E-state index is 6.09. The number of hydrogen-bond acceptors (Lipinski definition) is 4. The van der Waals surface area contributed by atoms with Crippen LogP contribution >= 0.6 is 34.7 Å². The molecule has 0 aliphatic carbocycles. The van der Waals surface area contributed by atoms with Crippen molar-refractivity contribution in [3.63, 3.8) is 0 Å². The topological polar surface area (TPSA) is 25.8 Å². The lowest BCUT2D eigenvalue weighted by atomic mass is 10.2. The van der Waals surface area contributed by atoms with E-state index >= 15 is 0 Å². The van der Waals surface area contributed by atoms with Gasteiger partial charge in [-0.15, -0.1) is 23.1 Å². The summed E-state index contributed by atoms with van der Waals surface area (Å²) in [5, 5.41) is 0.526. The van der Waals surface area contributed by atoms with Crippen molar-refractivity contribution in [2.75, 3.05) is 6.26 Å². The third-order valence-corrected chi connectivity index (χ3v) is 5.00. The summed E-state index contributed by atoms with van der Waals surface area (Å²) in [7, 11) is 0. The number of fused-ring (bicyclic) bond motifs is 1. The molecule has 0 unspecified atom stereocenters. The zero-order chi connectivity index (χ0) is 12.5. The van der Waals surface area contributed by atoms with Crippen molar-refractivity contribution in [1.82, 2.24) is 9.97 Å². The highest BCUT2D eigenvalue weighted by Crippen LogP contribution is 2.38. The molecule has 0 atom stereocenters. The van der Waals surface area contributed by atoms with Crippen molar-refractivity contribution >= 4 is 44.9 Å². The van der Waals surface area contributed by atoms with Crippen LogP contribution in [-0.2, 0) is 0 Å². The molecule has 1 aromatic carbocycles. The number of halogens is 1. The summed E-state index contributed by atoms with van der Waals surface area (Å²) in [5.41, 5.74) is 2.13. The van der Waals surface area contributed by atoms with Crippen LogP contribution in [0.2, 0.25) is 5.15 Å². The summed E-state index contributed by atoms with van der Waals surface area (Å²) in [4.78, 5) is 10.7. The molecule has 2 nitrogen and oxygen atoms in total. The van der Waals surface area contributed by atoms with Gasteiger partial charge >= 0.3 is 0 Å². The van der Waals surface area contributed by atoms with Gasteiger partial charge in [0.05, 0.1) is 10.2 Å². The lowest BCUT2D eigenvalue weighted by Gasteiger charge is -2.03. The van der Waals surface area contributed by atoms with Crippen molar-refractivity contribution < 1.29 is 0 Å². The number of aromatic nitrogens is 2. The van der Waals surface area contributed by atoms with Gasteiger partial charge in [0.1, 0.15) is 11.5 Å². The van der Waals surface area contributed by atoms with Crippen LogP contribution in [0, 0.1) is 0 Å². The van der Waals surface area contributed by atoms with Gasteiger partial charge in [0, 0.05) is 15.3 Å². The van der Waals surface area contributed by atoms with Crippen molar-refractivity contribution in [3.05, 3.63) is 41.8 Å². The van der Waals surface area contributed by atoms with Crippen molar-refractivity contribution in [3.8, 4) is 10.4 Å². The van der Waals surface area contributed by atoms with Gasteiger partial charge in [0.2, 0.25) is 0 Å². The van der Waals surface area contributed by atoms with E-state index in [-0.39, 0.29) is 0 Å². The Hall–Kier alpha value is -1.10. The smallest absolute Gasteiger partial charge is 0.150 e. The molecule has 5 heteroatoms. The third kappa shape index (κ3) is 2.00. The summed E-state index contributed by atoms with van der Waals surface area (Å²) in [6.45, 7) is 0. The first-order valence-corrected chi connectivity index (χ1v) is 7.75. The summed E-state index contributed by atoms with van der Waals surface area (Å²) >= 11 is 9.46. The number of benzene rings is 1. The van der Waals surface area contributed by atoms with E-state index in [1.165, 1.54) is 21.7 Å². The molecule has 2 aromatic heterocycles. The predicted molar refractivity (Wildman–Crippen MR) is 79.6 cm³/mol. The number of thiophene rings is 1. The largest absolute Gasteiger partial charge is 0.235 e. The Morgan fingerprint density at radius 1 is 1.22 bits per heavy atom. The monoisotopic (exact) mass is 292 g/mol. The molecule has 0 radical (unpaired) electrons. The second-order valence-electron chi connectivity index (χ2n) is 3.69. The molecule has 0 aliphatic rings. The van der Waals surface area contributed by atoms with Gasteiger partial charge in [-0.05, 0) is 18.4 Å². The fraction of sp³-hybridized carbons (Fsp3) is 0.0769. The van der Waals surface area contributed by atoms with Crippen LogP contribution in [-0.4, -0.2) is 16.2 Å². The molecule has 18 heavy (non-hydrogen) atoms. The van der Waals surface area contributed by atoms with Crippen LogP contribution in [0.3, 0.4) is 0 Å². The molecule has 3 aromatic rings. The van der Waals surface area contributed by atoms with Gasteiger partial charge in [-0.25, -0.2) is 9.97 Å². The second-order valence-corrected chi connectivity index (χ2v) is 5.95. The normalized spacial score (nSPS) is 11.0. The quantitative estimate of drug-likeness (QED) is 0.504. The summed E-state index contributed by atoms with van der Waals surface area (Å²) in [5.74, 6) is 0. The number of hydrogen-bond donors (Lipinski definition) is 0. The van der Waals surface area contributed by atoms with Crippen LogP contribution < -0.4 is 0 Å². The molecule has 0 fully saturated rings. The van der Waals surface area contributed by atoms with Crippen LogP contribution in [0.4, 0.5) is 0 Å². The van der Waals surface area contributed by atoms with Crippen molar-refractivity contribution in [2.45, 2.75) is 4.90 Å². The minimum Gasteiger partial charge on any atom is -0.235 e. The summed E-state index contributed by atoms with van der Waals surface area (Å²) < 4.78 is 0.949. The van der Waals surface area contributed by atoms with E-state index in [0.717, 1.165) is 10.2 Å². The Labute approximate surface area is 118 Å². The van der Waals surface area contributed by atoms with E-state index < -0.39 is 0 Å². The Kier molecular flexibility index (Phi) is 3.24. The Bertz CT molecular complexity index is 709. The molecule has 0 bridgehead atoms. The first kappa shape index (κ1) is 12.0. The van der Waals surface area contributed by atoms with E-state index in [4.69, 9.17) is 11.6 Å². The molecular formula is C13H9ClN2S2. The number of thioether (sulfide) groups is 1. The van der Waals surface area contributed by atoms with Gasteiger partial charge < -0.3 is 0 Å². The van der Waals surface area contributed by atoms with Gasteiger partial charge in [-0.3, -0.25) is 0 Å². The first-order chi connectivity index (χ1) is 8.79. The summed E-state index contributed by atoms with van der Waals surface area (Å²) in [6, 6.07) is 10.4. The third-order valence-electron chi connectivity index (χ3n) is 2.64. The van der Waals surface area contributed by atoms with Gasteiger partial charge in [0.15, 0.2) is 0 Å². The molecule has 0 aliphatic heterocycles. The fourth-order valence-corrected chi connectivity index (χ4v) is 3.77. The van der Waals surface area contributed by atoms with Crippen LogP contribution in [0.5, 0.6) is 0 Å². The molecular weight excluding hydrogens is 284 g/mol. The Morgan fingerprint density at radius 2 is 2.06 bits per heavy atom. The lowest BCUT2D eigenvalue weighted by Crippen LogP contribution is -1.77. The molecule has 2 heterocycles. The number of nitrogens with zero attached hydrogens (tertiary/aromatic N) is 2. The predicted octanol–water partition coefficient (Wildman–Crippen LogP) is 4.73. The SMILES string of the molecule is CSc1ccccc1-c1cc2ncnc(Cl)c2s1. The van der Waals surface area contributed by atoms with E-state index in [0.29, 0.717) is 5.15 Å². The minimum atomic E-state index is 0.526. The standard InChI is InChI=1S/C13H9ClN2S2/c1-17-10-5-3-2-4-8(10)11-6-9-12(18-11)13(14)16-7-15-9/h2-7H,1H3. The van der Waals surface area contributed by atoms with E-state index in [1.807, 2.05) is 6.07 Å². The highest BCUT2D eigenvalue weighted by atomic mass is 35.5. The highest BCUT2D eigenvalue weighted by molar-refractivity contribution is 7.98. The molecule has 0 N–H and O–H groups in total. The Balaban J connectivity index is 2.23. The van der Waals surface area contributed by atoms with Crippen molar-refractivity contribution in [2.24, 2.45) is 0 Å². The summed E-state index contributed by atoms with van der Waals surface area (Å²) in [6.07, 6.45) is 3.58. The molecule has 0 amide bonds. The number of rotatable bonds is 2. The average Bonchev–Trinajstić information content (AvgIpc) is 2.84. The maximum Gasteiger partial charge on any atom is 0.150 e.